The molecule has 7 nitrogen and oxygen atoms in total. The predicted molar refractivity (Wildman–Crippen MR) is 106 cm³/mol. The summed E-state index contributed by atoms with van der Waals surface area (Å²) in [6.07, 6.45) is 0.301. The van der Waals surface area contributed by atoms with Crippen molar-refractivity contribution in [2.75, 3.05) is 11.4 Å². The van der Waals surface area contributed by atoms with E-state index in [0.29, 0.717) is 12.0 Å². The van der Waals surface area contributed by atoms with Gasteiger partial charge in [0.15, 0.2) is 5.82 Å². The molecule has 2 heterocycles. The number of hydrogen-bond donors (Lipinski definition) is 1. The third-order valence-electron chi connectivity index (χ3n) is 5.09. The molecule has 1 aromatic heterocycles. The van der Waals surface area contributed by atoms with E-state index >= 15 is 0 Å². The van der Waals surface area contributed by atoms with E-state index < -0.39 is 29.8 Å². The zero-order valence-electron chi connectivity index (χ0n) is 15.9. The molecule has 0 bridgehead atoms. The Bertz CT molecular complexity index is 1200. The fourth-order valence-corrected chi connectivity index (χ4v) is 3.91. The van der Waals surface area contributed by atoms with Crippen molar-refractivity contribution in [2.45, 2.75) is 26.5 Å². The summed E-state index contributed by atoms with van der Waals surface area (Å²) in [5.41, 5.74) is -0.200. The van der Waals surface area contributed by atoms with E-state index in [4.69, 9.17) is 11.6 Å². The Labute approximate surface area is 174 Å². The maximum atomic E-state index is 14.9. The van der Waals surface area contributed by atoms with Crippen LogP contribution in [0.5, 0.6) is 0 Å². The highest BCUT2D eigenvalue weighted by atomic mass is 35.5. The highest BCUT2D eigenvalue weighted by molar-refractivity contribution is 6.34. The SMILES string of the molecule is CCn1c(CO)nn(-c2cc3c(cc2F)C(=O)N(c2c(F)cccc2Cl)CC3)c1=O. The van der Waals surface area contributed by atoms with E-state index in [1.54, 1.807) is 6.92 Å². The molecule has 3 aromatic rings. The van der Waals surface area contributed by atoms with Crippen LogP contribution in [0.1, 0.15) is 28.7 Å². The number of nitrogens with zero attached hydrogens (tertiary/aromatic N) is 4. The molecule has 2 aromatic carbocycles. The number of para-hydroxylation sites is 1. The molecule has 0 spiro atoms. The van der Waals surface area contributed by atoms with E-state index in [2.05, 4.69) is 5.10 Å². The molecule has 0 saturated carbocycles. The van der Waals surface area contributed by atoms with Crippen LogP contribution in [0.4, 0.5) is 14.5 Å². The molecule has 1 N–H and O–H groups in total. The van der Waals surface area contributed by atoms with Crippen LogP contribution in [0, 0.1) is 11.6 Å². The highest BCUT2D eigenvalue weighted by Crippen LogP contribution is 2.33. The molecule has 0 atom stereocenters. The molecule has 0 saturated heterocycles. The molecule has 0 aliphatic carbocycles. The summed E-state index contributed by atoms with van der Waals surface area (Å²) in [5.74, 6) is -1.97. The van der Waals surface area contributed by atoms with Gasteiger partial charge in [-0.25, -0.2) is 13.6 Å². The lowest BCUT2D eigenvalue weighted by atomic mass is 9.97. The first-order chi connectivity index (χ1) is 14.4. The standard InChI is InChI=1S/C20H17ClF2N4O3/c1-2-25-17(10-28)24-27(20(25)30)16-8-11-6-7-26(19(29)12(11)9-15(16)23)18-13(21)4-3-5-14(18)22/h3-5,8-9,28H,2,6-7,10H2,1H3. The maximum Gasteiger partial charge on any atom is 0.350 e. The normalized spacial score (nSPS) is 13.6. The van der Waals surface area contributed by atoms with Gasteiger partial charge in [-0.15, -0.1) is 5.10 Å². The number of rotatable bonds is 4. The van der Waals surface area contributed by atoms with Gasteiger partial charge in [0.25, 0.3) is 5.91 Å². The Hall–Kier alpha value is -3.04. The number of carbonyl (C=O) groups excluding carboxylic acids is 1. The zero-order chi connectivity index (χ0) is 21.6. The largest absolute Gasteiger partial charge is 0.388 e. The monoisotopic (exact) mass is 434 g/mol. The summed E-state index contributed by atoms with van der Waals surface area (Å²) in [6, 6.07) is 6.51. The van der Waals surface area contributed by atoms with Gasteiger partial charge in [-0.3, -0.25) is 9.36 Å². The molecule has 0 fully saturated rings. The highest BCUT2D eigenvalue weighted by Gasteiger charge is 2.30. The number of hydrogen-bond acceptors (Lipinski definition) is 4. The smallest absolute Gasteiger partial charge is 0.350 e. The Morgan fingerprint density at radius 3 is 2.60 bits per heavy atom. The van der Waals surface area contributed by atoms with Gasteiger partial charge in [-0.1, -0.05) is 17.7 Å². The number of fused-ring (bicyclic) bond motifs is 1. The maximum absolute atomic E-state index is 14.9. The first kappa shape index (κ1) is 20.2. The third-order valence-corrected chi connectivity index (χ3v) is 5.39. The van der Waals surface area contributed by atoms with Gasteiger partial charge >= 0.3 is 5.69 Å². The van der Waals surface area contributed by atoms with E-state index in [9.17, 15) is 23.5 Å². The van der Waals surface area contributed by atoms with Gasteiger partial charge in [0.2, 0.25) is 0 Å². The van der Waals surface area contributed by atoms with E-state index in [1.807, 2.05) is 0 Å². The number of aromatic nitrogens is 3. The van der Waals surface area contributed by atoms with Gasteiger partial charge in [0.05, 0.1) is 10.7 Å². The van der Waals surface area contributed by atoms with Gasteiger partial charge in [0.1, 0.15) is 23.9 Å². The van der Waals surface area contributed by atoms with Crippen LogP contribution in [0.3, 0.4) is 0 Å². The molecule has 1 aliphatic rings. The average Bonchev–Trinajstić information content (AvgIpc) is 3.04. The molecule has 4 rings (SSSR count). The van der Waals surface area contributed by atoms with E-state index in [1.165, 1.54) is 33.7 Å². The van der Waals surface area contributed by atoms with Crippen LogP contribution in [0.15, 0.2) is 35.1 Å². The molecule has 156 valence electrons. The molecule has 0 unspecified atom stereocenters. The van der Waals surface area contributed by atoms with Crippen molar-refractivity contribution in [3.63, 3.8) is 0 Å². The summed E-state index contributed by atoms with van der Waals surface area (Å²) >= 11 is 6.08. The number of anilines is 1. The fraction of sp³-hybridized carbons (Fsp3) is 0.250. The first-order valence-electron chi connectivity index (χ1n) is 9.25. The molecule has 1 aliphatic heterocycles. The average molecular weight is 435 g/mol. The summed E-state index contributed by atoms with van der Waals surface area (Å²) in [4.78, 5) is 26.7. The third kappa shape index (κ3) is 3.10. The number of halogens is 3. The van der Waals surface area contributed by atoms with Crippen molar-refractivity contribution in [1.29, 1.82) is 0 Å². The van der Waals surface area contributed by atoms with Crippen molar-refractivity contribution in [3.8, 4) is 5.69 Å². The molecule has 30 heavy (non-hydrogen) atoms. The quantitative estimate of drug-likeness (QED) is 0.684. The van der Waals surface area contributed by atoms with Gasteiger partial charge in [-0.2, -0.15) is 4.68 Å². The number of aliphatic hydroxyl groups is 1. The minimum atomic E-state index is -0.837. The second-order valence-corrected chi connectivity index (χ2v) is 7.16. The van der Waals surface area contributed by atoms with Crippen molar-refractivity contribution >= 4 is 23.2 Å². The van der Waals surface area contributed by atoms with Crippen molar-refractivity contribution in [1.82, 2.24) is 14.3 Å². The second kappa shape index (κ2) is 7.66. The van der Waals surface area contributed by atoms with Crippen LogP contribution in [0.25, 0.3) is 5.69 Å². The lowest BCUT2D eigenvalue weighted by molar-refractivity contribution is 0.0979. The summed E-state index contributed by atoms with van der Waals surface area (Å²) < 4.78 is 31.3. The van der Waals surface area contributed by atoms with Crippen LogP contribution < -0.4 is 10.6 Å². The minimum Gasteiger partial charge on any atom is -0.388 e. The summed E-state index contributed by atoms with van der Waals surface area (Å²) in [6.45, 7) is 1.63. The fourth-order valence-electron chi connectivity index (χ4n) is 3.64. The zero-order valence-corrected chi connectivity index (χ0v) is 16.7. The number of benzene rings is 2. The van der Waals surface area contributed by atoms with Crippen LogP contribution in [-0.2, 0) is 19.6 Å². The molecule has 1 amide bonds. The van der Waals surface area contributed by atoms with Gasteiger partial charge < -0.3 is 10.0 Å². The lowest BCUT2D eigenvalue weighted by Gasteiger charge is -2.29. The van der Waals surface area contributed by atoms with Crippen molar-refractivity contribution in [2.24, 2.45) is 0 Å². The number of aliphatic hydroxyl groups excluding tert-OH is 1. The lowest BCUT2D eigenvalue weighted by Crippen LogP contribution is -2.38. The minimum absolute atomic E-state index is 0.0511. The topological polar surface area (TPSA) is 80.4 Å². The second-order valence-electron chi connectivity index (χ2n) is 6.75. The van der Waals surface area contributed by atoms with Gasteiger partial charge in [0, 0.05) is 18.7 Å². The van der Waals surface area contributed by atoms with Crippen molar-refractivity contribution < 1.29 is 18.7 Å². The van der Waals surface area contributed by atoms with E-state index in [-0.39, 0.29) is 40.9 Å². The van der Waals surface area contributed by atoms with Gasteiger partial charge in [-0.05, 0) is 43.2 Å². The molecule has 0 radical (unpaired) electrons. The predicted octanol–water partition coefficient (Wildman–Crippen LogP) is 2.68. The Balaban J connectivity index is 1.79. The molecule has 10 heteroatoms. The van der Waals surface area contributed by atoms with Crippen molar-refractivity contribution in [3.05, 3.63) is 74.4 Å². The Morgan fingerprint density at radius 1 is 1.20 bits per heavy atom. The number of amides is 1. The summed E-state index contributed by atoms with van der Waals surface area (Å²) in [5, 5.41) is 13.5. The van der Waals surface area contributed by atoms with Crippen LogP contribution in [-0.4, -0.2) is 31.9 Å². The Kier molecular flexibility index (Phi) is 5.17. The first-order valence-corrected chi connectivity index (χ1v) is 9.63. The Morgan fingerprint density at radius 2 is 1.97 bits per heavy atom. The number of carbonyl (C=O) groups is 1. The molecular weight excluding hydrogens is 418 g/mol. The van der Waals surface area contributed by atoms with Crippen LogP contribution >= 0.6 is 11.6 Å². The summed E-state index contributed by atoms with van der Waals surface area (Å²) in [7, 11) is 0. The van der Waals surface area contributed by atoms with Crippen LogP contribution in [0.2, 0.25) is 5.02 Å². The van der Waals surface area contributed by atoms with E-state index in [0.717, 1.165) is 10.7 Å². The molecular formula is C20H17ClF2N4O3.